The smallest absolute Gasteiger partial charge is 0.190 e. The Bertz CT molecular complexity index is 471. The molecule has 11 nitrogen and oxygen atoms in total. The lowest BCUT2D eigenvalue weighted by molar-refractivity contribution is -0.236. The molecule has 0 aromatic heterocycles. The molecule has 2 fully saturated rings. The van der Waals surface area contributed by atoms with Crippen molar-refractivity contribution in [2.45, 2.75) is 54.5 Å². The molecule has 0 aliphatic carbocycles. The second-order valence-electron chi connectivity index (χ2n) is 5.99. The van der Waals surface area contributed by atoms with E-state index in [9.17, 15) is 25.5 Å². The van der Waals surface area contributed by atoms with Crippen LogP contribution in [0.5, 0.6) is 0 Å². The van der Waals surface area contributed by atoms with Crippen LogP contribution >= 0.6 is 11.8 Å². The standard InChI is InChI=1S/C14H25NO10S/c1-22-7(15)4-26-14-12(21)10(19)9(18)6(25-14)3-23-13-11(20)8(17)5(2-16)24-13/h5-6,8-21H,2-4H2,1H3/t5-,6-,8-,9-,10+,11+,12+,13+,14-/m1/s1. The first kappa shape index (κ1) is 21.8. The number of aliphatic hydroxyl groups is 6. The van der Waals surface area contributed by atoms with Crippen molar-refractivity contribution in [3.8, 4) is 0 Å². The highest BCUT2D eigenvalue weighted by Crippen LogP contribution is 2.30. The Kier molecular flexibility index (Phi) is 8.03. The van der Waals surface area contributed by atoms with Crippen molar-refractivity contribution in [3.05, 3.63) is 0 Å². The molecular weight excluding hydrogens is 374 g/mol. The normalized spacial score (nSPS) is 43.4. The molecule has 9 atom stereocenters. The van der Waals surface area contributed by atoms with Crippen LogP contribution in [0.1, 0.15) is 0 Å². The Morgan fingerprint density at radius 2 is 1.62 bits per heavy atom. The molecule has 2 saturated heterocycles. The SMILES string of the molecule is COC(=N)CS[C@H]1O[C@H](CO[C@H]2O[C@H](CO)[C@@H](O)[C@@H]2O)[C@@H](O)[C@H](O)[C@@H]1O. The summed E-state index contributed by atoms with van der Waals surface area (Å²) < 4.78 is 20.7. The summed E-state index contributed by atoms with van der Waals surface area (Å²) in [4.78, 5) is 0. The van der Waals surface area contributed by atoms with Crippen LogP contribution in [0.4, 0.5) is 0 Å². The molecule has 0 unspecified atom stereocenters. The Hall–Kier alpha value is -0.540. The minimum absolute atomic E-state index is 0.0503. The molecule has 2 aliphatic rings. The van der Waals surface area contributed by atoms with E-state index in [1.165, 1.54) is 7.11 Å². The Balaban J connectivity index is 1.91. The molecule has 0 saturated carbocycles. The van der Waals surface area contributed by atoms with Gasteiger partial charge in [0.15, 0.2) is 12.2 Å². The van der Waals surface area contributed by atoms with E-state index in [-0.39, 0.29) is 18.3 Å². The summed E-state index contributed by atoms with van der Waals surface area (Å²) in [6.07, 6.45) is -10.3. The minimum Gasteiger partial charge on any atom is -0.484 e. The third-order valence-corrected chi connectivity index (χ3v) is 5.36. The molecule has 0 bridgehead atoms. The predicted molar refractivity (Wildman–Crippen MR) is 87.6 cm³/mol. The number of aliphatic hydroxyl groups excluding tert-OH is 6. The maximum Gasteiger partial charge on any atom is 0.190 e. The van der Waals surface area contributed by atoms with Gasteiger partial charge in [0.1, 0.15) is 48.2 Å². The van der Waals surface area contributed by atoms with Gasteiger partial charge in [0.05, 0.1) is 26.1 Å². The van der Waals surface area contributed by atoms with Gasteiger partial charge in [0.2, 0.25) is 0 Å². The molecule has 2 aliphatic heterocycles. The molecule has 152 valence electrons. The van der Waals surface area contributed by atoms with Crippen LogP contribution in [0.25, 0.3) is 0 Å². The number of ether oxygens (including phenoxy) is 4. The first-order valence-corrected chi connectivity index (χ1v) is 9.01. The highest BCUT2D eigenvalue weighted by Gasteiger charge is 2.46. The number of methoxy groups -OCH3 is 1. The van der Waals surface area contributed by atoms with E-state index < -0.39 is 61.1 Å². The van der Waals surface area contributed by atoms with E-state index >= 15 is 0 Å². The van der Waals surface area contributed by atoms with Gasteiger partial charge in [-0.05, 0) is 0 Å². The van der Waals surface area contributed by atoms with Gasteiger partial charge in [-0.2, -0.15) is 0 Å². The van der Waals surface area contributed by atoms with Crippen molar-refractivity contribution in [2.24, 2.45) is 0 Å². The van der Waals surface area contributed by atoms with Crippen LogP contribution in [0.3, 0.4) is 0 Å². The number of hydrogen-bond acceptors (Lipinski definition) is 12. The molecule has 0 spiro atoms. The van der Waals surface area contributed by atoms with Crippen LogP contribution in [0.2, 0.25) is 0 Å². The van der Waals surface area contributed by atoms with Crippen molar-refractivity contribution in [1.82, 2.24) is 0 Å². The monoisotopic (exact) mass is 399 g/mol. The molecule has 0 amide bonds. The van der Waals surface area contributed by atoms with E-state index in [0.717, 1.165) is 11.8 Å². The predicted octanol–water partition coefficient (Wildman–Crippen LogP) is -3.39. The lowest BCUT2D eigenvalue weighted by atomic mass is 10.0. The van der Waals surface area contributed by atoms with E-state index in [4.69, 9.17) is 29.5 Å². The van der Waals surface area contributed by atoms with Crippen LogP contribution in [0, 0.1) is 5.41 Å². The Morgan fingerprint density at radius 1 is 0.962 bits per heavy atom. The number of nitrogens with one attached hydrogen (secondary N) is 1. The van der Waals surface area contributed by atoms with Crippen LogP contribution in [-0.4, -0.2) is 117 Å². The number of rotatable bonds is 7. The largest absolute Gasteiger partial charge is 0.484 e. The van der Waals surface area contributed by atoms with Gasteiger partial charge in [-0.25, -0.2) is 0 Å². The fourth-order valence-electron chi connectivity index (χ4n) is 2.60. The zero-order valence-electron chi connectivity index (χ0n) is 14.0. The van der Waals surface area contributed by atoms with E-state index in [1.54, 1.807) is 0 Å². The van der Waals surface area contributed by atoms with Gasteiger partial charge in [-0.3, -0.25) is 5.41 Å². The number of hydrogen-bond donors (Lipinski definition) is 7. The van der Waals surface area contributed by atoms with Crippen molar-refractivity contribution >= 4 is 17.7 Å². The summed E-state index contributed by atoms with van der Waals surface area (Å²) in [6, 6.07) is 0. The molecule has 26 heavy (non-hydrogen) atoms. The van der Waals surface area contributed by atoms with Gasteiger partial charge < -0.3 is 49.6 Å². The first-order chi connectivity index (χ1) is 12.3. The van der Waals surface area contributed by atoms with Gasteiger partial charge in [0, 0.05) is 0 Å². The second kappa shape index (κ2) is 9.59. The average molecular weight is 399 g/mol. The van der Waals surface area contributed by atoms with Crippen molar-refractivity contribution in [2.75, 3.05) is 26.1 Å². The summed E-state index contributed by atoms with van der Waals surface area (Å²) in [6.45, 7) is -0.813. The van der Waals surface area contributed by atoms with Gasteiger partial charge >= 0.3 is 0 Å². The zero-order chi connectivity index (χ0) is 19.4. The van der Waals surface area contributed by atoms with Gasteiger partial charge in [-0.1, -0.05) is 0 Å². The maximum atomic E-state index is 10.1. The summed E-state index contributed by atoms with van der Waals surface area (Å²) >= 11 is 1.01. The third kappa shape index (κ3) is 4.84. The lowest BCUT2D eigenvalue weighted by Gasteiger charge is -2.40. The van der Waals surface area contributed by atoms with E-state index in [1.807, 2.05) is 0 Å². The molecule has 12 heteroatoms. The van der Waals surface area contributed by atoms with Crippen molar-refractivity contribution in [3.63, 3.8) is 0 Å². The summed E-state index contributed by atoms with van der Waals surface area (Å²) in [7, 11) is 1.33. The molecule has 0 aromatic carbocycles. The molecule has 0 radical (unpaired) electrons. The van der Waals surface area contributed by atoms with E-state index in [0.29, 0.717) is 0 Å². The van der Waals surface area contributed by atoms with Crippen molar-refractivity contribution in [1.29, 1.82) is 5.41 Å². The van der Waals surface area contributed by atoms with Gasteiger partial charge in [0.25, 0.3) is 0 Å². The minimum atomic E-state index is -1.50. The fourth-order valence-corrected chi connectivity index (χ4v) is 3.61. The summed E-state index contributed by atoms with van der Waals surface area (Å²) in [5.74, 6) is 0.0365. The summed E-state index contributed by atoms with van der Waals surface area (Å²) in [5.41, 5.74) is -0.942. The van der Waals surface area contributed by atoms with Gasteiger partial charge in [-0.15, -0.1) is 11.8 Å². The van der Waals surface area contributed by atoms with Crippen LogP contribution in [0.15, 0.2) is 0 Å². The quantitative estimate of drug-likeness (QED) is 0.167. The highest BCUT2D eigenvalue weighted by atomic mass is 32.2. The fraction of sp³-hybridized carbons (Fsp3) is 0.929. The van der Waals surface area contributed by atoms with Crippen LogP contribution in [-0.2, 0) is 18.9 Å². The molecule has 7 N–H and O–H groups in total. The Labute approximate surface area is 153 Å². The number of thioether (sulfide) groups is 1. The highest BCUT2D eigenvalue weighted by molar-refractivity contribution is 8.00. The lowest BCUT2D eigenvalue weighted by Crippen LogP contribution is -2.58. The van der Waals surface area contributed by atoms with Crippen molar-refractivity contribution < 1.29 is 49.6 Å². The average Bonchev–Trinajstić information content (AvgIpc) is 2.92. The van der Waals surface area contributed by atoms with Crippen LogP contribution < -0.4 is 0 Å². The molecule has 2 rings (SSSR count). The third-order valence-electron chi connectivity index (χ3n) is 4.22. The second-order valence-corrected chi connectivity index (χ2v) is 7.08. The Morgan fingerprint density at radius 3 is 2.19 bits per heavy atom. The maximum absolute atomic E-state index is 10.1. The zero-order valence-corrected chi connectivity index (χ0v) is 14.9. The molecule has 0 aromatic rings. The summed E-state index contributed by atoms with van der Waals surface area (Å²) in [5, 5.41) is 66.0. The molecule has 2 heterocycles. The topological polar surface area (TPSA) is 182 Å². The van der Waals surface area contributed by atoms with E-state index in [2.05, 4.69) is 0 Å². The first-order valence-electron chi connectivity index (χ1n) is 7.96. The molecular formula is C14H25NO10S.